The lowest BCUT2D eigenvalue weighted by atomic mass is 9.71. The Balaban J connectivity index is 1.08. The molecule has 2 fully saturated rings. The van der Waals surface area contributed by atoms with Gasteiger partial charge in [0.2, 0.25) is 5.91 Å². The summed E-state index contributed by atoms with van der Waals surface area (Å²) in [7, 11) is 0. The van der Waals surface area contributed by atoms with Crippen LogP contribution in [-0.4, -0.2) is 54.4 Å². The molecule has 39 heavy (non-hydrogen) atoms. The van der Waals surface area contributed by atoms with E-state index in [4.69, 9.17) is 11.6 Å². The van der Waals surface area contributed by atoms with Gasteiger partial charge in [-0.1, -0.05) is 35.9 Å². The molecule has 6 rings (SSSR count). The van der Waals surface area contributed by atoms with Gasteiger partial charge >= 0.3 is 0 Å². The zero-order valence-electron chi connectivity index (χ0n) is 22.3. The maximum Gasteiger partial charge on any atom is 0.259 e. The van der Waals surface area contributed by atoms with E-state index in [1.54, 1.807) is 12.1 Å². The molecule has 6 nitrogen and oxygen atoms in total. The van der Waals surface area contributed by atoms with Gasteiger partial charge in [-0.2, -0.15) is 0 Å². The summed E-state index contributed by atoms with van der Waals surface area (Å²) >= 11 is 6.34. The molecule has 0 aliphatic carbocycles. The van der Waals surface area contributed by atoms with Crippen molar-refractivity contribution in [2.24, 2.45) is 5.41 Å². The van der Waals surface area contributed by atoms with Crippen LogP contribution in [0.5, 0.6) is 0 Å². The van der Waals surface area contributed by atoms with Gasteiger partial charge in [-0.15, -0.1) is 0 Å². The van der Waals surface area contributed by atoms with Gasteiger partial charge in [-0.3, -0.25) is 14.6 Å². The average Bonchev–Trinajstić information content (AvgIpc) is 2.98. The van der Waals surface area contributed by atoms with Gasteiger partial charge in [0.05, 0.1) is 17.0 Å². The maximum atomic E-state index is 13.4. The first-order valence-corrected chi connectivity index (χ1v) is 14.5. The number of rotatable bonds is 4. The second-order valence-electron chi connectivity index (χ2n) is 11.3. The molecule has 2 saturated heterocycles. The molecule has 3 aliphatic heterocycles. The van der Waals surface area contributed by atoms with Gasteiger partial charge in [0.15, 0.2) is 0 Å². The Kier molecular flexibility index (Phi) is 7.30. The van der Waals surface area contributed by atoms with E-state index >= 15 is 0 Å². The second kappa shape index (κ2) is 11.0. The van der Waals surface area contributed by atoms with Crippen molar-refractivity contribution in [1.29, 1.82) is 0 Å². The summed E-state index contributed by atoms with van der Waals surface area (Å²) in [5.74, 6) is 0.0974. The quantitative estimate of drug-likeness (QED) is 0.419. The summed E-state index contributed by atoms with van der Waals surface area (Å²) in [5, 5.41) is 0.465. The molecule has 0 radical (unpaired) electrons. The molecule has 0 unspecified atom stereocenters. The van der Waals surface area contributed by atoms with Crippen LogP contribution in [0.3, 0.4) is 0 Å². The summed E-state index contributed by atoms with van der Waals surface area (Å²) < 4.78 is 0. The Morgan fingerprint density at radius 3 is 2.33 bits per heavy atom. The molecule has 0 atom stereocenters. The van der Waals surface area contributed by atoms with Gasteiger partial charge in [-0.25, -0.2) is 0 Å². The second-order valence-corrected chi connectivity index (χ2v) is 11.7. The first-order chi connectivity index (χ1) is 19.0. The monoisotopic (exact) mass is 542 g/mol. The molecule has 3 aromatic rings. The number of benzene rings is 2. The van der Waals surface area contributed by atoms with Gasteiger partial charge in [0.25, 0.3) is 5.91 Å². The summed E-state index contributed by atoms with van der Waals surface area (Å²) in [6, 6.07) is 17.6. The van der Waals surface area contributed by atoms with Crippen LogP contribution in [-0.2, 0) is 17.6 Å². The van der Waals surface area contributed by atoms with Crippen molar-refractivity contribution in [1.82, 2.24) is 9.88 Å². The van der Waals surface area contributed by atoms with Crippen LogP contribution in [0.1, 0.15) is 53.6 Å². The van der Waals surface area contributed by atoms with Crippen molar-refractivity contribution in [2.45, 2.75) is 44.9 Å². The Labute approximate surface area is 235 Å². The minimum atomic E-state index is -0.0821. The van der Waals surface area contributed by atoms with E-state index < -0.39 is 0 Å². The fourth-order valence-electron chi connectivity index (χ4n) is 6.53. The zero-order chi connectivity index (χ0) is 26.8. The van der Waals surface area contributed by atoms with Gasteiger partial charge in [0.1, 0.15) is 0 Å². The molecule has 0 saturated carbocycles. The van der Waals surface area contributed by atoms with Crippen molar-refractivity contribution < 1.29 is 9.59 Å². The summed E-state index contributed by atoms with van der Waals surface area (Å²) in [4.78, 5) is 37.2. The highest BCUT2D eigenvalue weighted by Gasteiger charge is 2.38. The number of anilines is 2. The number of amides is 2. The van der Waals surface area contributed by atoms with E-state index in [0.717, 1.165) is 68.7 Å². The van der Waals surface area contributed by atoms with Crippen molar-refractivity contribution in [2.75, 3.05) is 42.5 Å². The van der Waals surface area contributed by atoms with Crippen molar-refractivity contribution >= 4 is 34.8 Å². The number of piperidine rings is 2. The van der Waals surface area contributed by atoms with E-state index in [1.807, 2.05) is 40.4 Å². The lowest BCUT2D eigenvalue weighted by Crippen LogP contribution is -2.48. The third-order valence-electron chi connectivity index (χ3n) is 9.00. The number of nitrogens with zero attached hydrogens (tertiary/aromatic N) is 4. The minimum absolute atomic E-state index is 0.0821. The molecule has 1 aromatic heterocycles. The number of fused-ring (bicyclic) bond motifs is 1. The highest BCUT2D eigenvalue weighted by molar-refractivity contribution is 6.34. The number of pyridine rings is 1. The normalized spacial score (nSPS) is 18.6. The topological polar surface area (TPSA) is 56.8 Å². The van der Waals surface area contributed by atoms with Crippen molar-refractivity contribution in [3.05, 3.63) is 88.7 Å². The molecule has 0 N–H and O–H groups in total. The van der Waals surface area contributed by atoms with Gasteiger partial charge < -0.3 is 14.7 Å². The van der Waals surface area contributed by atoms with E-state index in [2.05, 4.69) is 34.1 Å². The van der Waals surface area contributed by atoms with Crippen LogP contribution >= 0.6 is 11.6 Å². The molecule has 7 heteroatoms. The molecule has 202 valence electrons. The van der Waals surface area contributed by atoms with E-state index in [9.17, 15) is 9.59 Å². The Morgan fingerprint density at radius 2 is 1.59 bits per heavy atom. The number of carbonyl (C=O) groups excluding carboxylic acids is 2. The number of halogens is 1. The SMILES string of the molecule is O=C(Cc1ccc2c(c1)N(C(=O)c1ccccc1Cl)CCC2)N1CCC2(CC1)CCN(c1ccncc1)CC2. The fraction of sp³-hybridized carbons (Fsp3) is 0.406. The average molecular weight is 543 g/mol. The van der Waals surface area contributed by atoms with Crippen LogP contribution in [0.15, 0.2) is 67.0 Å². The predicted octanol–water partition coefficient (Wildman–Crippen LogP) is 5.78. The Morgan fingerprint density at radius 1 is 0.872 bits per heavy atom. The summed E-state index contributed by atoms with van der Waals surface area (Å²) in [6.07, 6.45) is 10.4. The fourth-order valence-corrected chi connectivity index (χ4v) is 6.75. The number of hydrogen-bond donors (Lipinski definition) is 0. The molecule has 3 aliphatic rings. The lowest BCUT2D eigenvalue weighted by Gasteiger charge is -2.47. The smallest absolute Gasteiger partial charge is 0.259 e. The van der Waals surface area contributed by atoms with E-state index in [-0.39, 0.29) is 11.8 Å². The number of aryl methyl sites for hydroxylation is 1. The first-order valence-electron chi connectivity index (χ1n) is 14.1. The Hall–Kier alpha value is -3.38. The van der Waals surface area contributed by atoms with Crippen LogP contribution in [0.2, 0.25) is 5.02 Å². The molecule has 2 amide bonds. The molecular weight excluding hydrogens is 508 g/mol. The first kappa shape index (κ1) is 25.9. The zero-order valence-corrected chi connectivity index (χ0v) is 23.1. The van der Waals surface area contributed by atoms with Gasteiger partial charge in [-0.05, 0) is 85.4 Å². The molecule has 2 aromatic carbocycles. The molecule has 1 spiro atoms. The van der Waals surface area contributed by atoms with Crippen molar-refractivity contribution in [3.8, 4) is 0 Å². The minimum Gasteiger partial charge on any atom is -0.371 e. The van der Waals surface area contributed by atoms with Crippen LogP contribution in [0.4, 0.5) is 11.4 Å². The van der Waals surface area contributed by atoms with Gasteiger partial charge in [0, 0.05) is 56.5 Å². The summed E-state index contributed by atoms with van der Waals surface area (Å²) in [6.45, 7) is 4.44. The number of carbonyl (C=O) groups is 2. The highest BCUT2D eigenvalue weighted by atomic mass is 35.5. The number of hydrogen-bond acceptors (Lipinski definition) is 4. The maximum absolute atomic E-state index is 13.4. The molecule has 4 heterocycles. The predicted molar refractivity (Wildman–Crippen MR) is 156 cm³/mol. The number of likely N-dealkylation sites (tertiary alicyclic amines) is 1. The third kappa shape index (κ3) is 5.40. The van der Waals surface area contributed by atoms with Crippen molar-refractivity contribution in [3.63, 3.8) is 0 Å². The van der Waals surface area contributed by atoms with Crippen LogP contribution in [0, 0.1) is 5.41 Å². The van der Waals surface area contributed by atoms with E-state index in [1.165, 1.54) is 18.5 Å². The summed E-state index contributed by atoms with van der Waals surface area (Å²) in [5.41, 5.74) is 5.15. The van der Waals surface area contributed by atoms with Crippen LogP contribution < -0.4 is 9.80 Å². The van der Waals surface area contributed by atoms with E-state index in [0.29, 0.717) is 29.0 Å². The Bertz CT molecular complexity index is 1340. The van der Waals surface area contributed by atoms with Crippen LogP contribution in [0.25, 0.3) is 0 Å². The standard InChI is InChI=1S/C32H35ClN4O2/c33-28-6-2-1-5-27(28)31(39)37-17-3-4-25-8-7-24(22-29(25)37)23-30(38)36-20-13-32(14-21-36)11-18-35(19-12-32)26-9-15-34-16-10-26/h1-2,5-10,15-16,22H,3-4,11-14,17-21,23H2. The third-order valence-corrected chi connectivity index (χ3v) is 9.33. The number of aromatic nitrogens is 1. The largest absolute Gasteiger partial charge is 0.371 e. The lowest BCUT2D eigenvalue weighted by molar-refractivity contribution is -0.133. The molecular formula is C32H35ClN4O2. The molecule has 0 bridgehead atoms. The highest BCUT2D eigenvalue weighted by Crippen LogP contribution is 2.42.